The lowest BCUT2D eigenvalue weighted by molar-refractivity contribution is -0.117. The number of hydrogen-bond acceptors (Lipinski definition) is 4. The SMILES string of the molecule is CCc1nc(COc2ccc(NC(=O)C3CC3)cc2)cs1. The number of carbonyl (C=O) groups is 1. The summed E-state index contributed by atoms with van der Waals surface area (Å²) in [6, 6.07) is 7.48. The molecule has 0 unspecified atom stereocenters. The van der Waals surface area contributed by atoms with Crippen LogP contribution in [-0.4, -0.2) is 10.9 Å². The Morgan fingerprint density at radius 1 is 1.38 bits per heavy atom. The van der Waals surface area contributed by atoms with Crippen molar-refractivity contribution in [3.63, 3.8) is 0 Å². The van der Waals surface area contributed by atoms with Gasteiger partial charge in [0.25, 0.3) is 0 Å². The van der Waals surface area contributed by atoms with Crippen molar-refractivity contribution in [2.24, 2.45) is 5.92 Å². The van der Waals surface area contributed by atoms with Crippen molar-refractivity contribution in [1.82, 2.24) is 4.98 Å². The highest BCUT2D eigenvalue weighted by Gasteiger charge is 2.29. The third-order valence-electron chi connectivity index (χ3n) is 3.36. The molecule has 3 rings (SSSR count). The first-order chi connectivity index (χ1) is 10.2. The molecule has 0 saturated heterocycles. The first-order valence-electron chi connectivity index (χ1n) is 7.21. The Kier molecular flexibility index (Phi) is 4.20. The molecule has 110 valence electrons. The molecule has 2 aromatic rings. The highest BCUT2D eigenvalue weighted by atomic mass is 32.1. The second kappa shape index (κ2) is 6.26. The molecule has 0 bridgehead atoms. The molecule has 1 heterocycles. The van der Waals surface area contributed by atoms with Gasteiger partial charge in [0.05, 0.1) is 10.7 Å². The van der Waals surface area contributed by atoms with Crippen molar-refractivity contribution in [3.8, 4) is 5.75 Å². The van der Waals surface area contributed by atoms with Crippen molar-refractivity contribution in [3.05, 3.63) is 40.3 Å². The highest BCUT2D eigenvalue weighted by molar-refractivity contribution is 7.09. The average molecular weight is 302 g/mol. The third-order valence-corrected chi connectivity index (χ3v) is 4.40. The number of rotatable bonds is 6. The number of anilines is 1. The van der Waals surface area contributed by atoms with Gasteiger partial charge < -0.3 is 10.1 Å². The molecule has 1 aliphatic carbocycles. The minimum Gasteiger partial charge on any atom is -0.487 e. The van der Waals surface area contributed by atoms with Gasteiger partial charge in [0.15, 0.2) is 0 Å². The van der Waals surface area contributed by atoms with Crippen molar-refractivity contribution in [2.45, 2.75) is 32.8 Å². The van der Waals surface area contributed by atoms with Gasteiger partial charge in [0.2, 0.25) is 5.91 Å². The van der Waals surface area contributed by atoms with E-state index in [2.05, 4.69) is 17.2 Å². The van der Waals surface area contributed by atoms with Crippen LogP contribution in [0.2, 0.25) is 0 Å². The molecule has 1 N–H and O–H groups in total. The van der Waals surface area contributed by atoms with Gasteiger partial charge >= 0.3 is 0 Å². The fraction of sp³-hybridized carbons (Fsp3) is 0.375. The molecule has 1 amide bonds. The quantitative estimate of drug-likeness (QED) is 0.886. The molecule has 1 aromatic carbocycles. The van der Waals surface area contributed by atoms with Crippen LogP contribution in [0.1, 0.15) is 30.5 Å². The molecule has 5 heteroatoms. The third kappa shape index (κ3) is 3.82. The van der Waals surface area contributed by atoms with E-state index >= 15 is 0 Å². The maximum atomic E-state index is 11.7. The van der Waals surface area contributed by atoms with Gasteiger partial charge in [-0.15, -0.1) is 11.3 Å². The standard InChI is InChI=1S/C16H18N2O2S/c1-2-15-17-13(10-21-15)9-20-14-7-5-12(6-8-14)18-16(19)11-3-4-11/h5-8,10-11H,2-4,9H2,1H3,(H,18,19). The summed E-state index contributed by atoms with van der Waals surface area (Å²) in [4.78, 5) is 16.1. The van der Waals surface area contributed by atoms with Gasteiger partial charge in [-0.1, -0.05) is 6.92 Å². The van der Waals surface area contributed by atoms with Crippen LogP contribution < -0.4 is 10.1 Å². The van der Waals surface area contributed by atoms with Crippen molar-refractivity contribution < 1.29 is 9.53 Å². The monoisotopic (exact) mass is 302 g/mol. The van der Waals surface area contributed by atoms with E-state index in [0.717, 1.165) is 41.4 Å². The topological polar surface area (TPSA) is 51.2 Å². The molecule has 0 radical (unpaired) electrons. The molecule has 0 aliphatic heterocycles. The second-order valence-corrected chi connectivity index (χ2v) is 6.11. The molecule has 1 saturated carbocycles. The number of benzene rings is 1. The van der Waals surface area contributed by atoms with Crippen molar-refractivity contribution in [2.75, 3.05) is 5.32 Å². The Labute approximate surface area is 128 Å². The van der Waals surface area contributed by atoms with Crippen molar-refractivity contribution in [1.29, 1.82) is 0 Å². The molecule has 1 aliphatic rings. The number of amides is 1. The second-order valence-electron chi connectivity index (χ2n) is 5.16. The first-order valence-corrected chi connectivity index (χ1v) is 8.09. The summed E-state index contributed by atoms with van der Waals surface area (Å²) in [6.45, 7) is 2.57. The lowest BCUT2D eigenvalue weighted by Crippen LogP contribution is -2.13. The summed E-state index contributed by atoms with van der Waals surface area (Å²) in [7, 11) is 0. The molecule has 1 fully saturated rings. The van der Waals surface area contributed by atoms with Gasteiger partial charge in [-0.05, 0) is 43.5 Å². The Balaban J connectivity index is 1.52. The van der Waals surface area contributed by atoms with Crippen LogP contribution in [0.3, 0.4) is 0 Å². The highest BCUT2D eigenvalue weighted by Crippen LogP contribution is 2.30. The van der Waals surface area contributed by atoms with Crippen LogP contribution in [0.15, 0.2) is 29.6 Å². The van der Waals surface area contributed by atoms with E-state index < -0.39 is 0 Å². The number of nitrogens with zero attached hydrogens (tertiary/aromatic N) is 1. The van der Waals surface area contributed by atoms with Crippen LogP contribution >= 0.6 is 11.3 Å². The molecule has 21 heavy (non-hydrogen) atoms. The summed E-state index contributed by atoms with van der Waals surface area (Å²) in [5.41, 5.74) is 1.78. The van der Waals surface area contributed by atoms with E-state index in [9.17, 15) is 4.79 Å². The molecular formula is C16H18N2O2S. The molecule has 0 spiro atoms. The van der Waals surface area contributed by atoms with Gasteiger partial charge in [-0.2, -0.15) is 0 Å². The number of carbonyl (C=O) groups excluding carboxylic acids is 1. The van der Waals surface area contributed by atoms with Gasteiger partial charge in [0.1, 0.15) is 12.4 Å². The molecule has 0 atom stereocenters. The summed E-state index contributed by atoms with van der Waals surface area (Å²) >= 11 is 1.66. The number of thiazole rings is 1. The zero-order chi connectivity index (χ0) is 14.7. The summed E-state index contributed by atoms with van der Waals surface area (Å²) < 4.78 is 5.70. The normalized spacial score (nSPS) is 14.0. The van der Waals surface area contributed by atoms with E-state index in [-0.39, 0.29) is 11.8 Å². The van der Waals surface area contributed by atoms with Crippen LogP contribution in [0.5, 0.6) is 5.75 Å². The van der Waals surface area contributed by atoms with Crippen LogP contribution in [-0.2, 0) is 17.8 Å². The van der Waals surface area contributed by atoms with Gasteiger partial charge in [0, 0.05) is 17.0 Å². The fourth-order valence-corrected chi connectivity index (χ4v) is 2.69. The predicted molar refractivity (Wildman–Crippen MR) is 83.6 cm³/mol. The average Bonchev–Trinajstić information content (AvgIpc) is 3.26. The summed E-state index contributed by atoms with van der Waals surface area (Å²) in [5, 5.41) is 6.07. The Hall–Kier alpha value is -1.88. The van der Waals surface area contributed by atoms with Crippen LogP contribution in [0.25, 0.3) is 0 Å². The Bertz CT molecular complexity index is 617. The number of ether oxygens (including phenoxy) is 1. The number of aromatic nitrogens is 1. The largest absolute Gasteiger partial charge is 0.487 e. The minimum atomic E-state index is 0.123. The summed E-state index contributed by atoms with van der Waals surface area (Å²) in [6.07, 6.45) is 2.99. The van der Waals surface area contributed by atoms with Crippen LogP contribution in [0, 0.1) is 5.92 Å². The lowest BCUT2D eigenvalue weighted by atomic mass is 10.3. The first kappa shape index (κ1) is 14.1. The number of hydrogen-bond donors (Lipinski definition) is 1. The van der Waals surface area contributed by atoms with E-state index in [4.69, 9.17) is 4.74 Å². The van der Waals surface area contributed by atoms with E-state index in [1.165, 1.54) is 0 Å². The number of aryl methyl sites for hydroxylation is 1. The molecular weight excluding hydrogens is 284 g/mol. The van der Waals surface area contributed by atoms with E-state index in [1.807, 2.05) is 29.6 Å². The van der Waals surface area contributed by atoms with Crippen LogP contribution in [0.4, 0.5) is 5.69 Å². The van der Waals surface area contributed by atoms with Gasteiger partial charge in [-0.3, -0.25) is 4.79 Å². The fourth-order valence-electron chi connectivity index (χ4n) is 1.96. The van der Waals surface area contributed by atoms with Gasteiger partial charge in [-0.25, -0.2) is 4.98 Å². The summed E-state index contributed by atoms with van der Waals surface area (Å²) in [5.74, 6) is 1.13. The number of nitrogens with one attached hydrogen (secondary N) is 1. The van der Waals surface area contributed by atoms with E-state index in [0.29, 0.717) is 6.61 Å². The maximum Gasteiger partial charge on any atom is 0.227 e. The minimum absolute atomic E-state index is 0.123. The maximum absolute atomic E-state index is 11.7. The molecule has 1 aromatic heterocycles. The predicted octanol–water partition coefficient (Wildman–Crippen LogP) is 3.63. The Morgan fingerprint density at radius 3 is 2.76 bits per heavy atom. The van der Waals surface area contributed by atoms with E-state index in [1.54, 1.807) is 11.3 Å². The zero-order valence-electron chi connectivity index (χ0n) is 12.0. The zero-order valence-corrected chi connectivity index (χ0v) is 12.8. The Morgan fingerprint density at radius 2 is 2.14 bits per heavy atom. The lowest BCUT2D eigenvalue weighted by Gasteiger charge is -2.07. The van der Waals surface area contributed by atoms with Crippen molar-refractivity contribution >= 4 is 22.9 Å². The smallest absolute Gasteiger partial charge is 0.227 e. The molecule has 4 nitrogen and oxygen atoms in total.